The Labute approximate surface area is 240 Å². The molecule has 0 saturated heterocycles. The van der Waals surface area contributed by atoms with E-state index < -0.39 is 47.6 Å². The first-order valence-corrected chi connectivity index (χ1v) is 13.0. The van der Waals surface area contributed by atoms with E-state index in [1.807, 2.05) is 0 Å². The number of nitrogens with zero attached hydrogens (tertiary/aromatic N) is 2. The van der Waals surface area contributed by atoms with Crippen LogP contribution in [0.25, 0.3) is 26.5 Å². The topological polar surface area (TPSA) is 176 Å². The van der Waals surface area contributed by atoms with Gasteiger partial charge < -0.3 is 26.6 Å². The molecule has 0 aliphatic carbocycles. The molecule has 0 saturated carbocycles. The SMILES string of the molecule is CONC(=O)Nc1ccc(-c2sc3c(c2CO)c(=O)n(/C(N)=C/C=C(\N)OC)c(=O)n3Cc2c(F)cccc2F)cc1. The lowest BCUT2D eigenvalue weighted by atomic mass is 10.1. The number of carbonyl (C=O) groups is 1. The summed E-state index contributed by atoms with van der Waals surface area (Å²) in [7, 11) is 2.59. The summed E-state index contributed by atoms with van der Waals surface area (Å²) in [5, 5.41) is 12.9. The van der Waals surface area contributed by atoms with Crippen molar-refractivity contribution in [2.45, 2.75) is 13.2 Å². The number of hydrogen-bond donors (Lipinski definition) is 5. The number of hydroxylamine groups is 1. The Morgan fingerprint density at radius 3 is 2.31 bits per heavy atom. The number of nitrogens with two attached hydrogens (primary N) is 2. The van der Waals surface area contributed by atoms with E-state index in [1.54, 1.807) is 24.3 Å². The van der Waals surface area contributed by atoms with Gasteiger partial charge in [-0.05, 0) is 35.9 Å². The molecule has 220 valence electrons. The summed E-state index contributed by atoms with van der Waals surface area (Å²) < 4.78 is 35.8. The fourth-order valence-electron chi connectivity index (χ4n) is 4.13. The van der Waals surface area contributed by atoms with Gasteiger partial charge in [-0.3, -0.25) is 14.2 Å². The molecule has 2 aromatic carbocycles. The number of amides is 2. The van der Waals surface area contributed by atoms with Crippen molar-refractivity contribution in [3.63, 3.8) is 0 Å². The normalized spacial score (nSPS) is 12.0. The van der Waals surface area contributed by atoms with E-state index >= 15 is 0 Å². The highest BCUT2D eigenvalue weighted by Gasteiger charge is 2.24. The van der Waals surface area contributed by atoms with Crippen molar-refractivity contribution >= 4 is 39.1 Å². The van der Waals surface area contributed by atoms with Crippen molar-refractivity contribution in [1.82, 2.24) is 14.6 Å². The van der Waals surface area contributed by atoms with Crippen molar-refractivity contribution < 1.29 is 28.3 Å². The molecule has 0 radical (unpaired) electrons. The van der Waals surface area contributed by atoms with Crippen molar-refractivity contribution in [2.75, 3.05) is 19.5 Å². The summed E-state index contributed by atoms with van der Waals surface area (Å²) in [6, 6.07) is 9.06. The molecule has 7 N–H and O–H groups in total. The molecule has 2 heterocycles. The quantitative estimate of drug-likeness (QED) is 0.111. The average molecular weight is 601 g/mol. The largest absolute Gasteiger partial charge is 0.483 e. The molecule has 0 atom stereocenters. The molecule has 15 heteroatoms. The number of fused-ring (bicyclic) bond motifs is 1. The maximum Gasteiger partial charge on any atom is 0.343 e. The summed E-state index contributed by atoms with van der Waals surface area (Å²) in [6.07, 6.45) is 2.39. The molecule has 0 spiro atoms. The molecule has 0 aliphatic heterocycles. The third kappa shape index (κ3) is 5.88. The maximum atomic E-state index is 14.7. The van der Waals surface area contributed by atoms with Crippen LogP contribution in [0.1, 0.15) is 11.1 Å². The molecule has 0 bridgehead atoms. The Balaban J connectivity index is 1.98. The molecule has 0 unspecified atom stereocenters. The lowest BCUT2D eigenvalue weighted by molar-refractivity contribution is 0.114. The minimum absolute atomic E-state index is 0.0596. The number of hydrogen-bond acceptors (Lipinski definition) is 9. The number of aromatic nitrogens is 2. The number of urea groups is 1. The molecule has 2 aromatic heterocycles. The Bertz CT molecular complexity index is 1810. The molecule has 4 rings (SSSR count). The lowest BCUT2D eigenvalue weighted by Crippen LogP contribution is -2.41. The minimum Gasteiger partial charge on any atom is -0.483 e. The number of benzene rings is 2. The van der Waals surface area contributed by atoms with E-state index in [-0.39, 0.29) is 27.5 Å². The Morgan fingerprint density at radius 2 is 1.71 bits per heavy atom. The van der Waals surface area contributed by atoms with Gasteiger partial charge in [0, 0.05) is 27.8 Å². The summed E-state index contributed by atoms with van der Waals surface area (Å²) in [5.41, 5.74) is 12.7. The standard InChI is InChI=1S/C27H26F2N6O6S/c1-40-21(31)11-10-20(30)35-24(37)22-17(13-36)23(14-6-8-15(9-7-14)32-26(38)33-41-2)42-25(22)34(27(35)39)12-16-18(28)4-3-5-19(16)29/h3-11,36H,12-13,30-31H2,1-2H3,(H2,32,33,38)/b20-10+,21-11+. The first-order valence-electron chi connectivity index (χ1n) is 12.1. The van der Waals surface area contributed by atoms with Gasteiger partial charge in [-0.15, -0.1) is 11.3 Å². The van der Waals surface area contributed by atoms with E-state index in [4.69, 9.17) is 16.2 Å². The van der Waals surface area contributed by atoms with Crippen LogP contribution >= 0.6 is 11.3 Å². The van der Waals surface area contributed by atoms with Crippen LogP contribution in [0.5, 0.6) is 0 Å². The highest BCUT2D eigenvalue weighted by molar-refractivity contribution is 7.22. The number of halogens is 2. The first kappa shape index (κ1) is 30.0. The second-order valence-electron chi connectivity index (χ2n) is 8.66. The Morgan fingerprint density at radius 1 is 1.05 bits per heavy atom. The molecule has 0 aliphatic rings. The van der Waals surface area contributed by atoms with Gasteiger partial charge in [0.15, 0.2) is 5.88 Å². The molecule has 0 fully saturated rings. The second-order valence-corrected chi connectivity index (χ2v) is 9.66. The van der Waals surface area contributed by atoms with Crippen LogP contribution in [-0.4, -0.2) is 34.5 Å². The molecule has 42 heavy (non-hydrogen) atoms. The van der Waals surface area contributed by atoms with E-state index in [1.165, 1.54) is 32.4 Å². The molecule has 2 amide bonds. The van der Waals surface area contributed by atoms with Crippen molar-refractivity contribution in [2.24, 2.45) is 11.5 Å². The van der Waals surface area contributed by atoms with Gasteiger partial charge in [0.1, 0.15) is 22.3 Å². The van der Waals surface area contributed by atoms with Crippen molar-refractivity contribution in [3.05, 3.63) is 104 Å². The van der Waals surface area contributed by atoms with Crippen LogP contribution in [0.15, 0.2) is 70.1 Å². The van der Waals surface area contributed by atoms with Gasteiger partial charge in [-0.2, -0.15) is 0 Å². The monoisotopic (exact) mass is 600 g/mol. The van der Waals surface area contributed by atoms with Gasteiger partial charge in [-0.25, -0.2) is 28.4 Å². The van der Waals surface area contributed by atoms with Gasteiger partial charge in [0.2, 0.25) is 0 Å². The highest BCUT2D eigenvalue weighted by Crippen LogP contribution is 2.37. The number of aliphatic hydroxyl groups excluding tert-OH is 1. The zero-order valence-corrected chi connectivity index (χ0v) is 23.1. The number of carbonyl (C=O) groups excluding carboxylic acids is 1. The van der Waals surface area contributed by atoms with Gasteiger partial charge in [0.05, 0.1) is 32.8 Å². The number of rotatable bonds is 9. The third-order valence-corrected chi connectivity index (χ3v) is 7.42. The maximum absolute atomic E-state index is 14.7. The van der Waals surface area contributed by atoms with Crippen LogP contribution in [0, 0.1) is 11.6 Å². The Hall–Kier alpha value is -4.99. The number of anilines is 1. The first-order chi connectivity index (χ1) is 20.1. The number of methoxy groups -OCH3 is 1. The van der Waals surface area contributed by atoms with E-state index in [0.29, 0.717) is 20.7 Å². The third-order valence-electron chi connectivity index (χ3n) is 6.12. The highest BCUT2D eigenvalue weighted by atomic mass is 32.1. The number of aliphatic hydroxyl groups is 1. The van der Waals surface area contributed by atoms with Crippen LogP contribution in [-0.2, 0) is 22.7 Å². The predicted molar refractivity (Wildman–Crippen MR) is 154 cm³/mol. The smallest absolute Gasteiger partial charge is 0.343 e. The number of ether oxygens (including phenoxy) is 1. The molecular formula is C27H26F2N6O6S. The zero-order valence-electron chi connectivity index (χ0n) is 22.3. The fraction of sp³-hybridized carbons (Fsp3) is 0.148. The van der Waals surface area contributed by atoms with E-state index in [0.717, 1.165) is 28.0 Å². The summed E-state index contributed by atoms with van der Waals surface area (Å²) in [6.45, 7) is -1.20. The van der Waals surface area contributed by atoms with Crippen LogP contribution in [0.4, 0.5) is 19.3 Å². The summed E-state index contributed by atoms with van der Waals surface area (Å²) in [4.78, 5) is 44.2. The second kappa shape index (κ2) is 12.7. The van der Waals surface area contributed by atoms with Gasteiger partial charge >= 0.3 is 11.7 Å². The summed E-state index contributed by atoms with van der Waals surface area (Å²) >= 11 is 0.971. The van der Waals surface area contributed by atoms with E-state index in [9.17, 15) is 28.3 Å². The van der Waals surface area contributed by atoms with Crippen molar-refractivity contribution in [1.29, 1.82) is 0 Å². The Kier molecular flexibility index (Phi) is 9.05. The molecular weight excluding hydrogens is 574 g/mol. The predicted octanol–water partition coefficient (Wildman–Crippen LogP) is 2.60. The fourth-order valence-corrected chi connectivity index (χ4v) is 5.43. The zero-order chi connectivity index (χ0) is 30.6. The van der Waals surface area contributed by atoms with E-state index in [2.05, 4.69) is 15.6 Å². The van der Waals surface area contributed by atoms with Crippen LogP contribution < -0.4 is 33.5 Å². The number of thiophene rings is 1. The number of nitrogens with one attached hydrogen (secondary N) is 2. The molecule has 12 nitrogen and oxygen atoms in total. The van der Waals surface area contributed by atoms with Gasteiger partial charge in [0.25, 0.3) is 5.56 Å². The summed E-state index contributed by atoms with van der Waals surface area (Å²) in [5.74, 6) is -2.21. The minimum atomic E-state index is -0.978. The number of allylic oxidation sites excluding steroid dienone is 2. The molecule has 4 aromatic rings. The lowest BCUT2D eigenvalue weighted by Gasteiger charge is -2.13. The van der Waals surface area contributed by atoms with Gasteiger partial charge in [-0.1, -0.05) is 18.2 Å². The van der Waals surface area contributed by atoms with Crippen LogP contribution in [0.3, 0.4) is 0 Å². The average Bonchev–Trinajstić information content (AvgIpc) is 3.35. The van der Waals surface area contributed by atoms with Crippen molar-refractivity contribution in [3.8, 4) is 10.4 Å². The van der Waals surface area contributed by atoms with Crippen LogP contribution in [0.2, 0.25) is 0 Å².